The Labute approximate surface area is 141 Å². The van der Waals surface area contributed by atoms with Gasteiger partial charge in [-0.05, 0) is 0 Å². The van der Waals surface area contributed by atoms with E-state index < -0.39 is 0 Å². The molecule has 0 amide bonds. The number of hydrogen-bond donors (Lipinski definition) is 0. The van der Waals surface area contributed by atoms with Crippen molar-refractivity contribution < 1.29 is 122 Å². The van der Waals surface area contributed by atoms with Crippen LogP contribution in [0.2, 0.25) is 0 Å². The fourth-order valence-corrected chi connectivity index (χ4v) is 0. The van der Waals surface area contributed by atoms with Crippen LogP contribution in [0.25, 0.3) is 0 Å². The van der Waals surface area contributed by atoms with Crippen LogP contribution in [0.5, 0.6) is 0 Å². The van der Waals surface area contributed by atoms with Gasteiger partial charge >= 0.3 is 23.1 Å². The van der Waals surface area contributed by atoms with Crippen LogP contribution < -0.4 is 0 Å². The van der Waals surface area contributed by atoms with Crippen molar-refractivity contribution in [2.75, 3.05) is 0 Å². The van der Waals surface area contributed by atoms with E-state index in [2.05, 4.69) is 0 Å². The van der Waals surface area contributed by atoms with Crippen LogP contribution >= 0.6 is 0 Å². The average Bonchev–Trinajstić information content (AvgIpc) is 0. The van der Waals surface area contributed by atoms with Crippen molar-refractivity contribution in [1.29, 1.82) is 0 Å². The molecule has 0 N–H and O–H groups in total. The molecule has 0 saturated carbocycles. The topological polar surface area (TPSA) is 0 Å². The number of hydrogen-bond acceptors (Lipinski definition) is 0. The second-order valence-corrected chi connectivity index (χ2v) is 0. The van der Waals surface area contributed by atoms with E-state index in [1.807, 2.05) is 0 Å². The minimum Gasteiger partial charge on any atom is -1.00 e. The van der Waals surface area contributed by atoms with E-state index in [0.29, 0.717) is 0 Å². The molecule has 0 fully saturated rings. The zero-order valence-corrected chi connectivity index (χ0v) is 15.9. The summed E-state index contributed by atoms with van der Waals surface area (Å²) in [6, 6.07) is 0. The summed E-state index contributed by atoms with van der Waals surface area (Å²) in [6.07, 6.45) is 0. The van der Waals surface area contributed by atoms with Gasteiger partial charge in [0.15, 0.2) is 0 Å². The molecule has 5 heavy (non-hydrogen) atoms. The van der Waals surface area contributed by atoms with Gasteiger partial charge in [0.1, 0.15) is 0 Å². The van der Waals surface area contributed by atoms with Crippen LogP contribution in [0.1, 0.15) is 2.85 Å². The Morgan fingerprint density at radius 1 is 1.20 bits per heavy atom. The molecule has 0 saturated heterocycles. The van der Waals surface area contributed by atoms with Crippen LogP contribution in [0, 0.1) is 40.8 Å². The van der Waals surface area contributed by atoms with E-state index in [0.717, 1.165) is 0 Å². The Morgan fingerprint density at radius 2 is 1.20 bits per heavy atom. The first-order valence-corrected chi connectivity index (χ1v) is 0. The van der Waals surface area contributed by atoms with Crippen LogP contribution in [0.15, 0.2) is 0 Å². The van der Waals surface area contributed by atoms with Crippen molar-refractivity contribution in [3.8, 4) is 0 Å². The molecular weight excluding hydrogens is 414 g/mol. The third kappa shape index (κ3) is 17.7. The van der Waals surface area contributed by atoms with E-state index in [1.165, 1.54) is 0 Å². The maximum absolute atomic E-state index is 0. The van der Waals surface area contributed by atoms with E-state index in [4.69, 9.17) is 0 Å². The Hall–Kier alpha value is 4.73. The predicted octanol–water partition coefficient (Wildman–Crippen LogP) is -0.163. The van der Waals surface area contributed by atoms with Crippen LogP contribution in [-0.4, -0.2) is 23.1 Å². The maximum atomic E-state index is 0. The minimum absolute atomic E-state index is 0. The summed E-state index contributed by atoms with van der Waals surface area (Å²) in [5, 5.41) is 0. The second-order valence-electron chi connectivity index (χ2n) is 0. The largest absolute Gasteiger partial charge is 2.00 e. The molecule has 0 aliphatic carbocycles. The fourth-order valence-electron chi connectivity index (χ4n) is 0. The monoisotopic (exact) mass is 411 g/mol. The molecule has 0 aliphatic heterocycles. The molecule has 0 unspecified atom stereocenters. The molecule has 0 aromatic rings. The molecule has 0 nitrogen and oxygen atoms in total. The van der Waals surface area contributed by atoms with Gasteiger partial charge in [0.2, 0.25) is 0 Å². The van der Waals surface area contributed by atoms with Crippen molar-refractivity contribution in [3.63, 3.8) is 0 Å². The smallest absolute Gasteiger partial charge is 1.00 e. The Bertz CT molecular complexity index is 17.7. The molecule has 0 aromatic carbocycles. The molecule has 1 radical (unpaired) electrons. The van der Waals surface area contributed by atoms with Crippen molar-refractivity contribution in [2.45, 2.75) is 0 Å². The van der Waals surface area contributed by atoms with Gasteiger partial charge in [0, 0.05) is 119 Å². The maximum Gasteiger partial charge on any atom is 2.00 e. The third-order valence-corrected chi connectivity index (χ3v) is 0. The Kier molecular flexibility index (Phi) is 155. The van der Waals surface area contributed by atoms with Gasteiger partial charge in [-0.1, -0.05) is 0 Å². The molecule has 0 bridgehead atoms. The molecule has 5 heteroatoms. The Morgan fingerprint density at radius 3 is 1.20 bits per heavy atom. The van der Waals surface area contributed by atoms with Gasteiger partial charge in [-0.15, -0.1) is 0 Å². The SMILES string of the molecule is [H-].[H-].[Mg+2].[Nd].[Y].[Zn].[Zr]. The summed E-state index contributed by atoms with van der Waals surface area (Å²) in [5.41, 5.74) is 0. The van der Waals surface area contributed by atoms with Crippen molar-refractivity contribution in [3.05, 3.63) is 0 Å². The summed E-state index contributed by atoms with van der Waals surface area (Å²) in [4.78, 5) is 0. The first-order valence-electron chi connectivity index (χ1n) is 0. The summed E-state index contributed by atoms with van der Waals surface area (Å²) in [7, 11) is 0. The molecule has 0 spiro atoms. The molecule has 17 valence electrons. The zero-order valence-electron chi connectivity index (χ0n) is 4.99. The van der Waals surface area contributed by atoms with Gasteiger partial charge in [0.25, 0.3) is 0 Å². The normalized spacial score (nSPS) is 0. The predicted molar refractivity (Wildman–Crippen MR) is 7.98 cm³/mol. The van der Waals surface area contributed by atoms with Crippen molar-refractivity contribution >= 4 is 23.1 Å². The van der Waals surface area contributed by atoms with Gasteiger partial charge < -0.3 is 2.85 Å². The fraction of sp³-hybridized carbons (Fsp3) is 0. The molecule has 0 aliphatic rings. The third-order valence-electron chi connectivity index (χ3n) is 0. The van der Waals surface area contributed by atoms with Gasteiger partial charge in [-0.3, -0.25) is 0 Å². The van der Waals surface area contributed by atoms with E-state index >= 15 is 0 Å². The summed E-state index contributed by atoms with van der Waals surface area (Å²) < 4.78 is 0. The average molecular weight is 416 g/mol. The minimum atomic E-state index is 0. The quantitative estimate of drug-likeness (QED) is 0.482. The molecule has 0 aromatic heterocycles. The summed E-state index contributed by atoms with van der Waals surface area (Å²) in [5.74, 6) is 0. The van der Waals surface area contributed by atoms with E-state index in [1.54, 1.807) is 0 Å². The van der Waals surface area contributed by atoms with Crippen LogP contribution in [0.3, 0.4) is 0 Å². The van der Waals surface area contributed by atoms with E-state index in [9.17, 15) is 0 Å². The van der Waals surface area contributed by atoms with Crippen molar-refractivity contribution in [1.82, 2.24) is 0 Å². The van der Waals surface area contributed by atoms with Gasteiger partial charge in [-0.2, -0.15) is 0 Å². The van der Waals surface area contributed by atoms with Crippen LogP contribution in [-0.2, 0) is 78.4 Å². The molecular formula is H2MgNdYZnZr. The Balaban J connectivity index is 0. The summed E-state index contributed by atoms with van der Waals surface area (Å²) in [6.45, 7) is 0. The van der Waals surface area contributed by atoms with Crippen LogP contribution in [0.4, 0.5) is 0 Å². The second kappa shape index (κ2) is 23.3. The van der Waals surface area contributed by atoms with Gasteiger partial charge in [-0.25, -0.2) is 0 Å². The van der Waals surface area contributed by atoms with Crippen molar-refractivity contribution in [2.24, 2.45) is 0 Å². The molecule has 0 atom stereocenters. The zero-order chi connectivity index (χ0) is 0. The first-order chi connectivity index (χ1) is 0. The molecule has 0 rings (SSSR count). The van der Waals surface area contributed by atoms with Gasteiger partial charge in [0.05, 0.1) is 0 Å². The molecule has 0 heterocycles. The standard InChI is InChI=1S/Mg.Nd.Y.Zn.Zr.2H/q+2;;;;;2*-1. The van der Waals surface area contributed by atoms with E-state index in [-0.39, 0.29) is 145 Å². The first kappa shape index (κ1) is 33.2. The number of rotatable bonds is 0. The summed E-state index contributed by atoms with van der Waals surface area (Å²) >= 11 is 0.